The molecule has 2 aliphatic rings. The maximum Gasteiger partial charge on any atom is 0.334 e. The first-order chi connectivity index (χ1) is 9.70. The van der Waals surface area contributed by atoms with E-state index in [0.29, 0.717) is 12.5 Å². The fourth-order valence-electron chi connectivity index (χ4n) is 3.75. The lowest BCUT2D eigenvalue weighted by Gasteiger charge is -2.41. The minimum atomic E-state index is -0.482. The van der Waals surface area contributed by atoms with Gasteiger partial charge in [-0.15, -0.1) is 0 Å². The van der Waals surface area contributed by atoms with Crippen LogP contribution in [-0.4, -0.2) is 31.6 Å². The van der Waals surface area contributed by atoms with Crippen LogP contribution in [0.25, 0.3) is 0 Å². The highest BCUT2D eigenvalue weighted by molar-refractivity contribution is 5.70. The van der Waals surface area contributed by atoms with E-state index < -0.39 is 6.29 Å². The number of carbonyl (C=O) groups excluding carboxylic acids is 1. The summed E-state index contributed by atoms with van der Waals surface area (Å²) in [6.07, 6.45) is 8.72. The number of carbonyl (C=O) groups is 1. The van der Waals surface area contributed by atoms with Gasteiger partial charge in [-0.05, 0) is 44.9 Å². The zero-order chi connectivity index (χ0) is 14.4. The highest BCUT2D eigenvalue weighted by Crippen LogP contribution is 2.41. The van der Waals surface area contributed by atoms with Crippen molar-refractivity contribution >= 4 is 5.97 Å². The van der Waals surface area contributed by atoms with Gasteiger partial charge in [0.2, 0.25) is 0 Å². The molecule has 2 saturated carbocycles. The molecule has 0 N–H and O–H groups in total. The molecule has 0 aromatic heterocycles. The monoisotopic (exact) mass is 284 g/mol. The SMILES string of the molecule is CCOC(C)OC(=O)COC1CCCC2CCCCC21. The first-order valence-corrected chi connectivity index (χ1v) is 8.13. The van der Waals surface area contributed by atoms with Gasteiger partial charge in [0.05, 0.1) is 6.10 Å². The van der Waals surface area contributed by atoms with E-state index in [2.05, 4.69) is 0 Å². The molecule has 0 aromatic rings. The van der Waals surface area contributed by atoms with Crippen molar-refractivity contribution in [2.45, 2.75) is 71.2 Å². The molecule has 0 aliphatic heterocycles. The van der Waals surface area contributed by atoms with Gasteiger partial charge in [-0.2, -0.15) is 0 Å². The van der Waals surface area contributed by atoms with Crippen LogP contribution in [0.4, 0.5) is 0 Å². The molecule has 0 saturated heterocycles. The van der Waals surface area contributed by atoms with E-state index >= 15 is 0 Å². The molecule has 4 unspecified atom stereocenters. The molecule has 20 heavy (non-hydrogen) atoms. The second-order valence-electron chi connectivity index (χ2n) is 6.00. The van der Waals surface area contributed by atoms with Crippen molar-refractivity contribution in [2.75, 3.05) is 13.2 Å². The van der Waals surface area contributed by atoms with Gasteiger partial charge in [-0.1, -0.05) is 25.7 Å². The van der Waals surface area contributed by atoms with Gasteiger partial charge in [-0.25, -0.2) is 4.79 Å². The molecule has 0 aromatic carbocycles. The molecule has 2 aliphatic carbocycles. The summed E-state index contributed by atoms with van der Waals surface area (Å²) < 4.78 is 16.2. The fourth-order valence-corrected chi connectivity index (χ4v) is 3.75. The van der Waals surface area contributed by atoms with Gasteiger partial charge in [0.25, 0.3) is 0 Å². The van der Waals surface area contributed by atoms with Gasteiger partial charge in [-0.3, -0.25) is 0 Å². The Kier molecular flexibility index (Phi) is 6.30. The highest BCUT2D eigenvalue weighted by Gasteiger charge is 2.35. The number of esters is 1. The zero-order valence-corrected chi connectivity index (χ0v) is 12.8. The van der Waals surface area contributed by atoms with E-state index in [4.69, 9.17) is 14.2 Å². The summed E-state index contributed by atoms with van der Waals surface area (Å²) in [5, 5.41) is 0. The Balaban J connectivity index is 1.73. The second kappa shape index (κ2) is 7.99. The Morgan fingerprint density at radius 2 is 1.90 bits per heavy atom. The second-order valence-corrected chi connectivity index (χ2v) is 6.00. The average Bonchev–Trinajstić information content (AvgIpc) is 2.45. The summed E-state index contributed by atoms with van der Waals surface area (Å²) in [5.74, 6) is 1.17. The Morgan fingerprint density at radius 1 is 1.15 bits per heavy atom. The molecule has 116 valence electrons. The van der Waals surface area contributed by atoms with Crippen molar-refractivity contribution in [2.24, 2.45) is 11.8 Å². The van der Waals surface area contributed by atoms with Crippen LogP contribution in [0.15, 0.2) is 0 Å². The zero-order valence-electron chi connectivity index (χ0n) is 12.8. The van der Waals surface area contributed by atoms with Gasteiger partial charge in [0.1, 0.15) is 6.61 Å². The van der Waals surface area contributed by atoms with Crippen molar-refractivity contribution in [1.82, 2.24) is 0 Å². The maximum absolute atomic E-state index is 11.7. The Morgan fingerprint density at radius 3 is 2.70 bits per heavy atom. The third-order valence-electron chi connectivity index (χ3n) is 4.62. The topological polar surface area (TPSA) is 44.8 Å². The number of ether oxygens (including phenoxy) is 3. The molecule has 0 radical (unpaired) electrons. The molecule has 4 nitrogen and oxygen atoms in total. The van der Waals surface area contributed by atoms with E-state index in [-0.39, 0.29) is 18.7 Å². The van der Waals surface area contributed by atoms with Gasteiger partial charge >= 0.3 is 5.97 Å². The number of fused-ring (bicyclic) bond motifs is 1. The summed E-state index contributed by atoms with van der Waals surface area (Å²) in [7, 11) is 0. The predicted molar refractivity (Wildman–Crippen MR) is 76.2 cm³/mol. The normalized spacial score (nSPS) is 31.4. The van der Waals surface area contributed by atoms with Gasteiger partial charge in [0.15, 0.2) is 6.29 Å². The number of hydrogen-bond donors (Lipinski definition) is 0. The minimum absolute atomic E-state index is 0.0608. The summed E-state index contributed by atoms with van der Waals surface area (Å²) in [5.41, 5.74) is 0. The summed E-state index contributed by atoms with van der Waals surface area (Å²) in [6.45, 7) is 4.22. The van der Waals surface area contributed by atoms with Crippen LogP contribution < -0.4 is 0 Å². The summed E-state index contributed by atoms with van der Waals surface area (Å²) in [4.78, 5) is 11.7. The van der Waals surface area contributed by atoms with E-state index in [0.717, 1.165) is 12.3 Å². The minimum Gasteiger partial charge on any atom is -0.434 e. The first kappa shape index (κ1) is 15.8. The molecule has 0 bridgehead atoms. The van der Waals surface area contributed by atoms with Crippen molar-refractivity contribution < 1.29 is 19.0 Å². The Hall–Kier alpha value is -0.610. The average molecular weight is 284 g/mol. The number of hydrogen-bond acceptors (Lipinski definition) is 4. The van der Waals surface area contributed by atoms with Crippen LogP contribution >= 0.6 is 0 Å². The quantitative estimate of drug-likeness (QED) is 0.554. The fraction of sp³-hybridized carbons (Fsp3) is 0.938. The van der Waals surface area contributed by atoms with Crippen LogP contribution in [0.3, 0.4) is 0 Å². The lowest BCUT2D eigenvalue weighted by molar-refractivity contribution is -0.182. The molecule has 2 rings (SSSR count). The molecule has 4 heteroatoms. The van der Waals surface area contributed by atoms with Crippen molar-refractivity contribution in [3.63, 3.8) is 0 Å². The van der Waals surface area contributed by atoms with E-state index in [1.807, 2.05) is 6.92 Å². The molecule has 0 spiro atoms. The van der Waals surface area contributed by atoms with E-state index in [1.165, 1.54) is 38.5 Å². The van der Waals surface area contributed by atoms with Crippen molar-refractivity contribution in [3.8, 4) is 0 Å². The molecule has 0 amide bonds. The van der Waals surface area contributed by atoms with Crippen LogP contribution in [0.1, 0.15) is 58.8 Å². The maximum atomic E-state index is 11.7. The van der Waals surface area contributed by atoms with Gasteiger partial charge in [0, 0.05) is 6.61 Å². The van der Waals surface area contributed by atoms with Gasteiger partial charge < -0.3 is 14.2 Å². The third kappa shape index (κ3) is 4.45. The number of rotatable bonds is 6. The first-order valence-electron chi connectivity index (χ1n) is 8.13. The van der Waals surface area contributed by atoms with Crippen LogP contribution in [0.5, 0.6) is 0 Å². The Bertz CT molecular complexity index is 303. The third-order valence-corrected chi connectivity index (χ3v) is 4.62. The standard InChI is InChI=1S/C16H28O4/c1-3-18-12(2)20-16(17)11-19-15-10-6-8-13-7-4-5-9-14(13)15/h12-15H,3-11H2,1-2H3. The molecule has 0 heterocycles. The van der Waals surface area contributed by atoms with Crippen molar-refractivity contribution in [1.29, 1.82) is 0 Å². The van der Waals surface area contributed by atoms with E-state index in [1.54, 1.807) is 6.92 Å². The molecule has 2 fully saturated rings. The molecule has 4 atom stereocenters. The van der Waals surface area contributed by atoms with Crippen LogP contribution in [0.2, 0.25) is 0 Å². The predicted octanol–water partition coefficient (Wildman–Crippen LogP) is 3.29. The van der Waals surface area contributed by atoms with Crippen LogP contribution in [0, 0.1) is 11.8 Å². The summed E-state index contributed by atoms with van der Waals surface area (Å²) >= 11 is 0. The van der Waals surface area contributed by atoms with Crippen LogP contribution in [-0.2, 0) is 19.0 Å². The molecular weight excluding hydrogens is 256 g/mol. The summed E-state index contributed by atoms with van der Waals surface area (Å²) in [6, 6.07) is 0. The largest absolute Gasteiger partial charge is 0.434 e. The molecular formula is C16H28O4. The Labute approximate surface area is 122 Å². The van der Waals surface area contributed by atoms with Crippen molar-refractivity contribution in [3.05, 3.63) is 0 Å². The van der Waals surface area contributed by atoms with E-state index in [9.17, 15) is 4.79 Å². The smallest absolute Gasteiger partial charge is 0.334 e. The lowest BCUT2D eigenvalue weighted by Crippen LogP contribution is -2.37. The highest BCUT2D eigenvalue weighted by atomic mass is 16.7. The lowest BCUT2D eigenvalue weighted by atomic mass is 9.69.